The first-order valence-corrected chi connectivity index (χ1v) is 7.68. The lowest BCUT2D eigenvalue weighted by atomic mass is 10.0. The molecule has 0 fully saturated rings. The second kappa shape index (κ2) is 10.1. The van der Waals surface area contributed by atoms with Gasteiger partial charge in [0.15, 0.2) is 0 Å². The fourth-order valence-electron chi connectivity index (χ4n) is 1.84. The van der Waals surface area contributed by atoms with Crippen molar-refractivity contribution in [2.24, 2.45) is 11.7 Å². The molecule has 0 bridgehead atoms. The second-order valence-electron chi connectivity index (χ2n) is 5.23. The molecule has 20 heavy (non-hydrogen) atoms. The Balaban J connectivity index is 0.00000361. The van der Waals surface area contributed by atoms with Gasteiger partial charge in [-0.15, -0.1) is 24.2 Å². The predicted octanol–water partition coefficient (Wildman–Crippen LogP) is 3.00. The molecule has 1 rings (SSSR count). The van der Waals surface area contributed by atoms with Crippen LogP contribution in [-0.2, 0) is 4.79 Å². The number of hydrogen-bond acceptors (Lipinski definition) is 3. The molecule has 0 aliphatic carbocycles. The highest BCUT2D eigenvalue weighted by Gasteiger charge is 2.12. The minimum atomic E-state index is 0. The van der Waals surface area contributed by atoms with Gasteiger partial charge in [-0.2, -0.15) is 0 Å². The number of hydrogen-bond donors (Lipinski definition) is 2. The normalized spacial score (nSPS) is 11.8. The molecule has 114 valence electrons. The fraction of sp³-hybridized carbons (Fsp3) is 0.533. The molecule has 3 nitrogen and oxygen atoms in total. The first kappa shape index (κ1) is 19.3. The van der Waals surface area contributed by atoms with Gasteiger partial charge < -0.3 is 11.1 Å². The lowest BCUT2D eigenvalue weighted by Crippen LogP contribution is -2.41. The highest BCUT2D eigenvalue weighted by atomic mass is 35.5. The number of benzene rings is 1. The van der Waals surface area contributed by atoms with E-state index in [4.69, 9.17) is 5.73 Å². The molecule has 0 aliphatic heterocycles. The maximum atomic E-state index is 11.8. The van der Waals surface area contributed by atoms with Crippen LogP contribution in [0.3, 0.4) is 0 Å². The molecule has 0 spiro atoms. The molecule has 0 aliphatic rings. The van der Waals surface area contributed by atoms with Gasteiger partial charge in [0.2, 0.25) is 5.91 Å². The van der Waals surface area contributed by atoms with Crippen molar-refractivity contribution in [3.63, 3.8) is 0 Å². The summed E-state index contributed by atoms with van der Waals surface area (Å²) < 4.78 is 0. The first-order valence-electron chi connectivity index (χ1n) is 6.70. The van der Waals surface area contributed by atoms with Crippen molar-refractivity contribution in [2.45, 2.75) is 38.1 Å². The summed E-state index contributed by atoms with van der Waals surface area (Å²) in [6, 6.07) is 8.29. The number of thioether (sulfide) groups is 1. The van der Waals surface area contributed by atoms with Crippen molar-refractivity contribution in [3.8, 4) is 0 Å². The molecule has 0 saturated heterocycles. The largest absolute Gasteiger partial charge is 0.351 e. The minimum Gasteiger partial charge on any atom is -0.351 e. The third-order valence-electron chi connectivity index (χ3n) is 2.80. The lowest BCUT2D eigenvalue weighted by Gasteiger charge is -2.18. The maximum absolute atomic E-state index is 11.8. The number of rotatable bonds is 7. The average molecular weight is 317 g/mol. The molecule has 0 aromatic heterocycles. The van der Waals surface area contributed by atoms with Crippen LogP contribution in [0.5, 0.6) is 0 Å². The predicted molar refractivity (Wildman–Crippen MR) is 89.6 cm³/mol. The summed E-state index contributed by atoms with van der Waals surface area (Å²) in [5.41, 5.74) is 6.90. The third-order valence-corrected chi connectivity index (χ3v) is 3.81. The molecule has 1 amide bonds. The zero-order valence-electron chi connectivity index (χ0n) is 12.4. The molecule has 5 heteroatoms. The van der Waals surface area contributed by atoms with Gasteiger partial charge in [-0.25, -0.2) is 0 Å². The van der Waals surface area contributed by atoms with Crippen molar-refractivity contribution in [1.82, 2.24) is 5.32 Å². The Morgan fingerprint density at radius 3 is 2.40 bits per heavy atom. The summed E-state index contributed by atoms with van der Waals surface area (Å²) in [6.45, 7) is 6.82. The van der Waals surface area contributed by atoms with E-state index in [0.717, 1.165) is 11.3 Å². The first-order chi connectivity index (χ1) is 9.01. The molecule has 1 atom stereocenters. The second-order valence-corrected chi connectivity index (χ2v) is 6.28. The topological polar surface area (TPSA) is 55.1 Å². The van der Waals surface area contributed by atoms with Crippen molar-refractivity contribution in [1.29, 1.82) is 0 Å². The zero-order chi connectivity index (χ0) is 14.3. The highest BCUT2D eigenvalue weighted by Crippen LogP contribution is 2.17. The van der Waals surface area contributed by atoms with Gasteiger partial charge >= 0.3 is 0 Å². The summed E-state index contributed by atoms with van der Waals surface area (Å²) in [5, 5.41) is 2.99. The van der Waals surface area contributed by atoms with Crippen LogP contribution < -0.4 is 11.1 Å². The summed E-state index contributed by atoms with van der Waals surface area (Å²) in [4.78, 5) is 13.0. The number of amides is 1. The Labute approximate surface area is 132 Å². The number of nitrogens with two attached hydrogens (primary N) is 1. The smallest absolute Gasteiger partial charge is 0.230 e. The van der Waals surface area contributed by atoms with Crippen molar-refractivity contribution < 1.29 is 4.79 Å². The standard InChI is InChI=1S/C15H24N2OS.ClH/c1-11(2)8-13(9-16)17-15(18)10-19-14-6-4-12(3)5-7-14;/h4-7,11,13H,8-10,16H2,1-3H3,(H,17,18);1H. The third kappa shape index (κ3) is 7.78. The Kier molecular flexibility index (Phi) is 9.72. The maximum Gasteiger partial charge on any atom is 0.230 e. The minimum absolute atomic E-state index is 0. The van der Waals surface area contributed by atoms with E-state index in [1.165, 1.54) is 5.56 Å². The molecule has 1 unspecified atom stereocenters. The van der Waals surface area contributed by atoms with Crippen molar-refractivity contribution >= 4 is 30.1 Å². The van der Waals surface area contributed by atoms with E-state index < -0.39 is 0 Å². The zero-order valence-corrected chi connectivity index (χ0v) is 14.0. The molecule has 1 aromatic rings. The SMILES string of the molecule is Cc1ccc(SCC(=O)NC(CN)CC(C)C)cc1.Cl. The Morgan fingerprint density at radius 1 is 1.30 bits per heavy atom. The van der Waals surface area contributed by atoms with E-state index in [2.05, 4.69) is 38.2 Å². The highest BCUT2D eigenvalue weighted by molar-refractivity contribution is 8.00. The Bertz CT molecular complexity index is 395. The number of aryl methyl sites for hydroxylation is 1. The Morgan fingerprint density at radius 2 is 1.90 bits per heavy atom. The van der Waals surface area contributed by atoms with Gasteiger partial charge in [-0.05, 0) is 31.4 Å². The quantitative estimate of drug-likeness (QED) is 0.760. The van der Waals surface area contributed by atoms with Crippen molar-refractivity contribution in [3.05, 3.63) is 29.8 Å². The Hall–Kier alpha value is -0.710. The number of carbonyl (C=O) groups is 1. The molecule has 0 heterocycles. The van der Waals surface area contributed by atoms with E-state index in [1.807, 2.05) is 12.1 Å². The molecule has 0 saturated carbocycles. The molecular weight excluding hydrogens is 292 g/mol. The van der Waals surface area contributed by atoms with Gasteiger partial charge in [0.25, 0.3) is 0 Å². The number of halogens is 1. The monoisotopic (exact) mass is 316 g/mol. The summed E-state index contributed by atoms with van der Waals surface area (Å²) in [5.74, 6) is 1.04. The van der Waals surface area contributed by atoms with E-state index in [9.17, 15) is 4.79 Å². The van der Waals surface area contributed by atoms with Crippen molar-refractivity contribution in [2.75, 3.05) is 12.3 Å². The fourth-order valence-corrected chi connectivity index (χ4v) is 2.55. The van der Waals surface area contributed by atoms with E-state index >= 15 is 0 Å². The van der Waals surface area contributed by atoms with Crippen LogP contribution in [0.15, 0.2) is 29.2 Å². The number of carbonyl (C=O) groups excluding carboxylic acids is 1. The van der Waals surface area contributed by atoms with E-state index in [0.29, 0.717) is 18.2 Å². The van der Waals surface area contributed by atoms with Crippen LogP contribution in [0, 0.1) is 12.8 Å². The van der Waals surface area contributed by atoms with E-state index in [1.54, 1.807) is 11.8 Å². The molecule has 0 radical (unpaired) electrons. The lowest BCUT2D eigenvalue weighted by molar-refractivity contribution is -0.119. The molecule has 1 aromatic carbocycles. The van der Waals surface area contributed by atoms with Gasteiger partial charge in [-0.3, -0.25) is 4.79 Å². The van der Waals surface area contributed by atoms with Gasteiger partial charge in [0, 0.05) is 17.5 Å². The summed E-state index contributed by atoms with van der Waals surface area (Å²) in [6.07, 6.45) is 0.928. The summed E-state index contributed by atoms with van der Waals surface area (Å²) >= 11 is 1.56. The molecule has 3 N–H and O–H groups in total. The number of nitrogens with one attached hydrogen (secondary N) is 1. The van der Waals surface area contributed by atoms with Crippen LogP contribution >= 0.6 is 24.2 Å². The van der Waals surface area contributed by atoms with Gasteiger partial charge in [-0.1, -0.05) is 31.5 Å². The molecular formula is C15H25ClN2OS. The van der Waals surface area contributed by atoms with Crippen LogP contribution in [0.4, 0.5) is 0 Å². The van der Waals surface area contributed by atoms with Gasteiger partial charge in [0.05, 0.1) is 5.75 Å². The van der Waals surface area contributed by atoms with Crippen LogP contribution in [-0.4, -0.2) is 24.2 Å². The van der Waals surface area contributed by atoms with Crippen LogP contribution in [0.25, 0.3) is 0 Å². The van der Waals surface area contributed by atoms with Gasteiger partial charge in [0.1, 0.15) is 0 Å². The average Bonchev–Trinajstić information content (AvgIpc) is 2.36. The van der Waals surface area contributed by atoms with Crippen LogP contribution in [0.2, 0.25) is 0 Å². The van der Waals surface area contributed by atoms with Crippen LogP contribution in [0.1, 0.15) is 25.8 Å². The summed E-state index contributed by atoms with van der Waals surface area (Å²) in [7, 11) is 0. The van der Waals surface area contributed by atoms with E-state index in [-0.39, 0.29) is 24.4 Å².